The van der Waals surface area contributed by atoms with E-state index in [0.29, 0.717) is 17.3 Å². The van der Waals surface area contributed by atoms with Gasteiger partial charge >= 0.3 is 0 Å². The predicted molar refractivity (Wildman–Crippen MR) is 72.6 cm³/mol. The minimum atomic E-state index is 0.0415. The van der Waals surface area contributed by atoms with E-state index in [1.165, 1.54) is 0 Å². The van der Waals surface area contributed by atoms with Crippen LogP contribution in [-0.4, -0.2) is 38.5 Å². The molecule has 0 aliphatic rings. The van der Waals surface area contributed by atoms with Crippen molar-refractivity contribution in [3.05, 3.63) is 22.7 Å². The van der Waals surface area contributed by atoms with Crippen LogP contribution in [0.2, 0.25) is 5.02 Å². The van der Waals surface area contributed by atoms with Gasteiger partial charge in [-0.2, -0.15) is 0 Å². The number of nitrogen functional groups attached to an aromatic ring is 1. The minimum absolute atomic E-state index is 0.0415. The summed E-state index contributed by atoms with van der Waals surface area (Å²) in [5, 5.41) is 0.509. The molecule has 2 N–H and O–H groups in total. The Hall–Kier alpha value is -1.42. The number of amides is 1. The Morgan fingerprint density at radius 2 is 1.94 bits per heavy atom. The lowest BCUT2D eigenvalue weighted by Gasteiger charge is -2.23. The van der Waals surface area contributed by atoms with Gasteiger partial charge in [0.1, 0.15) is 0 Å². The van der Waals surface area contributed by atoms with Crippen LogP contribution in [0.15, 0.2) is 12.1 Å². The number of benzene rings is 1. The smallest absolute Gasteiger partial charge is 0.241 e. The summed E-state index contributed by atoms with van der Waals surface area (Å²) in [4.78, 5) is 15.0. The summed E-state index contributed by atoms with van der Waals surface area (Å²) in [6, 6.07) is 3.60. The van der Waals surface area contributed by atoms with Crippen LogP contribution >= 0.6 is 11.6 Å². The van der Waals surface area contributed by atoms with Crippen LogP contribution in [0.5, 0.6) is 0 Å². The molecule has 0 spiro atoms. The Labute approximate surface area is 107 Å². The van der Waals surface area contributed by atoms with E-state index in [0.717, 1.165) is 11.3 Å². The Kier molecular flexibility index (Phi) is 4.23. The van der Waals surface area contributed by atoms with Gasteiger partial charge in [-0.25, -0.2) is 0 Å². The summed E-state index contributed by atoms with van der Waals surface area (Å²) in [5.41, 5.74) is 8.19. The van der Waals surface area contributed by atoms with Gasteiger partial charge in [0.2, 0.25) is 5.91 Å². The van der Waals surface area contributed by atoms with E-state index < -0.39 is 0 Å². The van der Waals surface area contributed by atoms with Gasteiger partial charge in [0.05, 0.1) is 17.3 Å². The number of rotatable bonds is 3. The standard InChI is InChI=1S/C12H18ClN3O/c1-8-5-10(14)9(13)6-11(8)16(4)7-12(17)15(2)3/h5-6H,7,14H2,1-4H3. The molecule has 0 unspecified atom stereocenters. The lowest BCUT2D eigenvalue weighted by molar-refractivity contribution is -0.127. The molecule has 1 rings (SSSR count). The van der Waals surface area contributed by atoms with Crippen molar-refractivity contribution in [2.45, 2.75) is 6.92 Å². The number of halogens is 1. The van der Waals surface area contributed by atoms with Gasteiger partial charge in [-0.05, 0) is 24.6 Å². The molecule has 0 heterocycles. The SMILES string of the molecule is Cc1cc(N)c(Cl)cc1N(C)CC(=O)N(C)C. The highest BCUT2D eigenvalue weighted by Gasteiger charge is 2.12. The van der Waals surface area contributed by atoms with Crippen molar-refractivity contribution >= 4 is 28.9 Å². The lowest BCUT2D eigenvalue weighted by Crippen LogP contribution is -2.34. The maximum Gasteiger partial charge on any atom is 0.241 e. The maximum absolute atomic E-state index is 11.6. The monoisotopic (exact) mass is 255 g/mol. The molecule has 17 heavy (non-hydrogen) atoms. The zero-order chi connectivity index (χ0) is 13.2. The average molecular weight is 256 g/mol. The lowest BCUT2D eigenvalue weighted by atomic mass is 10.1. The topological polar surface area (TPSA) is 49.6 Å². The molecule has 5 heteroatoms. The highest BCUT2D eigenvalue weighted by atomic mass is 35.5. The fourth-order valence-electron chi connectivity index (χ4n) is 1.53. The third kappa shape index (κ3) is 3.27. The van der Waals surface area contributed by atoms with Gasteiger partial charge in [0, 0.05) is 26.8 Å². The minimum Gasteiger partial charge on any atom is -0.398 e. The fourth-order valence-corrected chi connectivity index (χ4v) is 1.69. The van der Waals surface area contributed by atoms with Crippen LogP contribution in [0.3, 0.4) is 0 Å². The number of nitrogens with zero attached hydrogens (tertiary/aromatic N) is 2. The molecule has 0 saturated heterocycles. The molecule has 0 saturated carbocycles. The molecular formula is C12H18ClN3O. The average Bonchev–Trinajstić information content (AvgIpc) is 2.22. The van der Waals surface area contributed by atoms with E-state index in [4.69, 9.17) is 17.3 Å². The van der Waals surface area contributed by atoms with Crippen molar-refractivity contribution in [1.82, 2.24) is 4.90 Å². The van der Waals surface area contributed by atoms with E-state index in [2.05, 4.69) is 0 Å². The van der Waals surface area contributed by atoms with E-state index in [1.807, 2.05) is 24.9 Å². The molecule has 4 nitrogen and oxygen atoms in total. The Morgan fingerprint density at radius 1 is 1.35 bits per heavy atom. The predicted octanol–water partition coefficient (Wildman–Crippen LogP) is 1.76. The molecule has 0 aliphatic carbocycles. The molecule has 0 aliphatic heterocycles. The molecule has 1 amide bonds. The number of likely N-dealkylation sites (N-methyl/N-ethyl adjacent to an activating group) is 2. The highest BCUT2D eigenvalue weighted by Crippen LogP contribution is 2.28. The van der Waals surface area contributed by atoms with Gasteiger partial charge in [-0.15, -0.1) is 0 Å². The molecule has 0 bridgehead atoms. The quantitative estimate of drug-likeness (QED) is 0.838. The van der Waals surface area contributed by atoms with Crippen molar-refractivity contribution in [1.29, 1.82) is 0 Å². The Morgan fingerprint density at radius 3 is 2.47 bits per heavy atom. The largest absolute Gasteiger partial charge is 0.398 e. The first-order valence-corrected chi connectivity index (χ1v) is 5.67. The molecule has 0 atom stereocenters. The van der Waals surface area contributed by atoms with Gasteiger partial charge in [0.25, 0.3) is 0 Å². The second-order valence-electron chi connectivity index (χ2n) is 4.30. The Bertz CT molecular complexity index is 432. The summed E-state index contributed by atoms with van der Waals surface area (Å²) in [6.45, 7) is 2.26. The molecule has 0 aromatic heterocycles. The zero-order valence-corrected chi connectivity index (χ0v) is 11.4. The fraction of sp³-hybridized carbons (Fsp3) is 0.417. The summed E-state index contributed by atoms with van der Waals surface area (Å²) in [5.74, 6) is 0.0415. The van der Waals surface area contributed by atoms with E-state index in [9.17, 15) is 4.79 Å². The highest BCUT2D eigenvalue weighted by molar-refractivity contribution is 6.33. The number of anilines is 2. The number of carbonyl (C=O) groups is 1. The van der Waals surface area contributed by atoms with Crippen LogP contribution < -0.4 is 10.6 Å². The Balaban J connectivity index is 2.93. The summed E-state index contributed by atoms with van der Waals surface area (Å²) in [7, 11) is 5.33. The second kappa shape index (κ2) is 5.27. The third-order valence-electron chi connectivity index (χ3n) is 2.60. The van der Waals surface area contributed by atoms with Crippen LogP contribution in [0.4, 0.5) is 11.4 Å². The van der Waals surface area contributed by atoms with Crippen LogP contribution in [0.1, 0.15) is 5.56 Å². The number of hydrogen-bond acceptors (Lipinski definition) is 3. The summed E-state index contributed by atoms with van der Waals surface area (Å²) < 4.78 is 0. The molecular weight excluding hydrogens is 238 g/mol. The molecule has 94 valence electrons. The second-order valence-corrected chi connectivity index (χ2v) is 4.71. The first-order chi connectivity index (χ1) is 7.82. The van der Waals surface area contributed by atoms with E-state index in [1.54, 1.807) is 25.1 Å². The number of hydrogen-bond donors (Lipinski definition) is 1. The van der Waals surface area contributed by atoms with Gasteiger partial charge in [-0.3, -0.25) is 4.79 Å². The van der Waals surface area contributed by atoms with Crippen LogP contribution in [0.25, 0.3) is 0 Å². The zero-order valence-electron chi connectivity index (χ0n) is 10.6. The normalized spacial score (nSPS) is 10.2. The van der Waals surface area contributed by atoms with Crippen molar-refractivity contribution in [3.8, 4) is 0 Å². The summed E-state index contributed by atoms with van der Waals surface area (Å²) >= 11 is 5.98. The first kappa shape index (κ1) is 13.6. The molecule has 0 radical (unpaired) electrons. The van der Waals surface area contributed by atoms with Gasteiger partial charge < -0.3 is 15.5 Å². The van der Waals surface area contributed by atoms with Crippen LogP contribution in [-0.2, 0) is 4.79 Å². The number of carbonyl (C=O) groups excluding carboxylic acids is 1. The van der Waals surface area contributed by atoms with Crippen molar-refractivity contribution in [2.75, 3.05) is 38.3 Å². The first-order valence-electron chi connectivity index (χ1n) is 5.30. The van der Waals surface area contributed by atoms with Crippen LogP contribution in [0, 0.1) is 6.92 Å². The van der Waals surface area contributed by atoms with Crippen molar-refractivity contribution < 1.29 is 4.79 Å². The maximum atomic E-state index is 11.6. The van der Waals surface area contributed by atoms with Gasteiger partial charge in [0.15, 0.2) is 0 Å². The van der Waals surface area contributed by atoms with E-state index >= 15 is 0 Å². The summed E-state index contributed by atoms with van der Waals surface area (Å²) in [6.07, 6.45) is 0. The van der Waals surface area contributed by atoms with E-state index in [-0.39, 0.29) is 5.91 Å². The number of nitrogens with two attached hydrogens (primary N) is 1. The molecule has 0 fully saturated rings. The third-order valence-corrected chi connectivity index (χ3v) is 2.93. The van der Waals surface area contributed by atoms with Gasteiger partial charge in [-0.1, -0.05) is 11.6 Å². The van der Waals surface area contributed by atoms with Crippen molar-refractivity contribution in [2.24, 2.45) is 0 Å². The molecule has 1 aromatic rings. The van der Waals surface area contributed by atoms with Crippen molar-refractivity contribution in [3.63, 3.8) is 0 Å². The molecule has 1 aromatic carbocycles. The number of aryl methyl sites for hydroxylation is 1.